The minimum absolute atomic E-state index is 0.0524. The highest BCUT2D eigenvalue weighted by Gasteiger charge is 2.46. The van der Waals surface area contributed by atoms with Crippen molar-refractivity contribution in [2.24, 2.45) is 0 Å². The van der Waals surface area contributed by atoms with Crippen molar-refractivity contribution in [1.29, 1.82) is 0 Å². The van der Waals surface area contributed by atoms with Crippen molar-refractivity contribution in [3.63, 3.8) is 0 Å². The maximum atomic E-state index is 13.8. The lowest BCUT2D eigenvalue weighted by Gasteiger charge is -2.40. The number of ether oxygens (including phenoxy) is 3. The third kappa shape index (κ3) is 5.56. The van der Waals surface area contributed by atoms with Crippen LogP contribution in [0.5, 0.6) is 23.0 Å². The number of esters is 1. The van der Waals surface area contributed by atoms with Gasteiger partial charge in [0.25, 0.3) is 0 Å². The summed E-state index contributed by atoms with van der Waals surface area (Å²) in [6.45, 7) is 6.36. The van der Waals surface area contributed by atoms with E-state index in [0.717, 1.165) is 18.6 Å². The number of aromatic hydroxyl groups is 3. The second-order valence-corrected chi connectivity index (χ2v) is 9.60. The van der Waals surface area contributed by atoms with Crippen LogP contribution in [0.3, 0.4) is 0 Å². The Morgan fingerprint density at radius 1 is 1.03 bits per heavy atom. The van der Waals surface area contributed by atoms with Gasteiger partial charge in [-0.1, -0.05) is 11.6 Å². The van der Waals surface area contributed by atoms with Crippen molar-refractivity contribution in [1.82, 2.24) is 0 Å². The number of allylic oxidation sites excluding steroid dienone is 2. The van der Waals surface area contributed by atoms with Crippen LogP contribution in [0.25, 0.3) is 22.3 Å². The number of fused-ring (bicyclic) bond motifs is 1. The van der Waals surface area contributed by atoms with E-state index in [0.29, 0.717) is 0 Å². The van der Waals surface area contributed by atoms with Crippen LogP contribution >= 0.6 is 0 Å². The lowest BCUT2D eigenvalue weighted by Crippen LogP contribution is -2.59. The third-order valence-corrected chi connectivity index (χ3v) is 6.34. The number of hydrogen-bond acceptors (Lipinski definition) is 11. The maximum Gasteiger partial charge on any atom is 0.303 e. The van der Waals surface area contributed by atoms with E-state index >= 15 is 0 Å². The fourth-order valence-electron chi connectivity index (χ4n) is 4.36. The molecular weight excluding hydrogens is 512 g/mol. The van der Waals surface area contributed by atoms with Crippen LogP contribution in [0.2, 0.25) is 0 Å². The van der Waals surface area contributed by atoms with E-state index in [-0.39, 0.29) is 45.8 Å². The van der Waals surface area contributed by atoms with Crippen molar-refractivity contribution in [2.75, 3.05) is 0 Å². The highest BCUT2D eigenvalue weighted by Crippen LogP contribution is 2.40. The van der Waals surface area contributed by atoms with Gasteiger partial charge in [0.1, 0.15) is 40.4 Å². The molecule has 0 spiro atoms. The quantitative estimate of drug-likeness (QED) is 0.229. The molecule has 4 rings (SSSR count). The van der Waals surface area contributed by atoms with Gasteiger partial charge in [-0.3, -0.25) is 9.59 Å². The number of benzene rings is 2. The average Bonchev–Trinajstić information content (AvgIpc) is 2.86. The van der Waals surface area contributed by atoms with Crippen LogP contribution in [0.4, 0.5) is 0 Å². The number of rotatable bonds is 6. The van der Waals surface area contributed by atoms with Gasteiger partial charge in [-0.25, -0.2) is 0 Å². The van der Waals surface area contributed by atoms with Crippen LogP contribution in [-0.4, -0.2) is 62.2 Å². The molecule has 0 unspecified atom stereocenters. The molecule has 39 heavy (non-hydrogen) atoms. The topological polar surface area (TPSA) is 176 Å². The summed E-state index contributed by atoms with van der Waals surface area (Å²) < 4.78 is 22.6. The van der Waals surface area contributed by atoms with E-state index in [9.17, 15) is 35.1 Å². The standard InChI is InChI=1S/C28H30O11/c1-12(2)5-10-17-18(31)11-19(32)20-21(33)27(25(38-26(17)20)15-6-8-16(30)9-7-15)39-28-23(35)22(34)24(13(3)36-28)37-14(4)29/h5-9,11,13,22-24,28,30-32,34-35H,10H2,1-4H3/t13-,22+,23-,24+,28+/m0/s1. The Bertz CT molecular complexity index is 1470. The molecule has 2 heterocycles. The zero-order valence-electron chi connectivity index (χ0n) is 21.7. The van der Waals surface area contributed by atoms with Gasteiger partial charge >= 0.3 is 5.97 Å². The Balaban J connectivity index is 1.90. The average molecular weight is 543 g/mol. The summed E-state index contributed by atoms with van der Waals surface area (Å²) in [7, 11) is 0. The molecule has 0 aliphatic carbocycles. The first kappa shape index (κ1) is 28.0. The molecule has 11 heteroatoms. The van der Waals surface area contributed by atoms with E-state index in [4.69, 9.17) is 18.6 Å². The normalized spacial score (nSPS) is 22.9. The molecule has 5 N–H and O–H groups in total. The fraction of sp³-hybridized carbons (Fsp3) is 0.357. The van der Waals surface area contributed by atoms with E-state index < -0.39 is 53.6 Å². The van der Waals surface area contributed by atoms with E-state index in [1.807, 2.05) is 19.9 Å². The third-order valence-electron chi connectivity index (χ3n) is 6.34. The first-order valence-electron chi connectivity index (χ1n) is 12.2. The van der Waals surface area contributed by atoms with Crippen molar-refractivity contribution in [2.45, 2.75) is 64.8 Å². The first-order chi connectivity index (χ1) is 18.4. The van der Waals surface area contributed by atoms with Crippen molar-refractivity contribution >= 4 is 16.9 Å². The predicted molar refractivity (Wildman–Crippen MR) is 139 cm³/mol. The van der Waals surface area contributed by atoms with Crippen LogP contribution in [0, 0.1) is 0 Å². The molecule has 0 amide bonds. The van der Waals surface area contributed by atoms with Gasteiger partial charge in [0, 0.05) is 24.1 Å². The van der Waals surface area contributed by atoms with Gasteiger partial charge in [-0.05, 0) is 51.5 Å². The predicted octanol–water partition coefficient (Wildman–Crippen LogP) is 2.86. The lowest BCUT2D eigenvalue weighted by atomic mass is 9.99. The molecule has 1 aliphatic heterocycles. The number of carbonyl (C=O) groups excluding carboxylic acids is 1. The number of aliphatic hydroxyl groups is 2. The molecule has 208 valence electrons. The van der Waals surface area contributed by atoms with Gasteiger partial charge in [0.2, 0.25) is 17.5 Å². The van der Waals surface area contributed by atoms with Crippen LogP contribution < -0.4 is 10.2 Å². The van der Waals surface area contributed by atoms with Crippen molar-refractivity contribution in [3.05, 3.63) is 57.8 Å². The number of carbonyl (C=O) groups is 1. The van der Waals surface area contributed by atoms with E-state index in [1.54, 1.807) is 0 Å². The van der Waals surface area contributed by atoms with Crippen LogP contribution in [0.1, 0.15) is 33.3 Å². The maximum absolute atomic E-state index is 13.8. The Kier molecular flexibility index (Phi) is 7.86. The molecule has 5 atom stereocenters. The zero-order valence-corrected chi connectivity index (χ0v) is 21.7. The summed E-state index contributed by atoms with van der Waals surface area (Å²) in [5.41, 5.74) is 0.554. The Morgan fingerprint density at radius 3 is 2.31 bits per heavy atom. The summed E-state index contributed by atoms with van der Waals surface area (Å²) in [6.07, 6.45) is -5.06. The monoisotopic (exact) mass is 542 g/mol. The minimum Gasteiger partial charge on any atom is -0.508 e. The second kappa shape index (κ2) is 11.0. The molecule has 0 saturated carbocycles. The van der Waals surface area contributed by atoms with Gasteiger partial charge in [-0.15, -0.1) is 0 Å². The molecule has 0 bridgehead atoms. The van der Waals surface area contributed by atoms with Crippen LogP contribution in [-0.2, 0) is 20.7 Å². The Labute approximate surface area is 223 Å². The highest BCUT2D eigenvalue weighted by atomic mass is 16.7. The summed E-state index contributed by atoms with van der Waals surface area (Å²) in [4.78, 5) is 25.2. The lowest BCUT2D eigenvalue weighted by molar-refractivity contribution is -0.272. The Morgan fingerprint density at radius 2 is 1.69 bits per heavy atom. The minimum atomic E-state index is -1.74. The molecule has 1 aliphatic rings. The van der Waals surface area contributed by atoms with Gasteiger partial charge in [-0.2, -0.15) is 0 Å². The number of aliphatic hydroxyl groups excluding tert-OH is 2. The molecule has 1 saturated heterocycles. The number of phenolic OH excluding ortho intramolecular Hbond substituents is 3. The molecule has 0 radical (unpaired) electrons. The smallest absolute Gasteiger partial charge is 0.303 e. The highest BCUT2D eigenvalue weighted by molar-refractivity contribution is 5.91. The SMILES string of the molecule is CC(=O)O[C@H]1[C@H](O)[C@H](O)[C@@H](Oc2c(-c3ccc(O)cc3)oc3c(CC=C(C)C)c(O)cc(O)c3c2=O)O[C@H]1C. The largest absolute Gasteiger partial charge is 0.508 e. The second-order valence-electron chi connectivity index (χ2n) is 9.60. The first-order valence-corrected chi connectivity index (χ1v) is 12.2. The summed E-state index contributed by atoms with van der Waals surface area (Å²) in [5, 5.41) is 52.0. The van der Waals surface area contributed by atoms with E-state index in [2.05, 4.69) is 0 Å². The molecule has 1 fully saturated rings. The molecule has 11 nitrogen and oxygen atoms in total. The summed E-state index contributed by atoms with van der Waals surface area (Å²) in [6, 6.07) is 6.65. The molecule has 2 aromatic carbocycles. The number of hydrogen-bond donors (Lipinski definition) is 5. The Hall–Kier alpha value is -4.06. The number of phenols is 3. The van der Waals surface area contributed by atoms with Gasteiger partial charge in [0.05, 0.1) is 6.10 Å². The molecular formula is C28H30O11. The molecule has 1 aromatic heterocycles. The zero-order chi connectivity index (χ0) is 28.6. The van der Waals surface area contributed by atoms with Crippen LogP contribution in [0.15, 0.2) is 51.2 Å². The summed E-state index contributed by atoms with van der Waals surface area (Å²) >= 11 is 0. The van der Waals surface area contributed by atoms with E-state index in [1.165, 1.54) is 31.2 Å². The van der Waals surface area contributed by atoms with Crippen molar-refractivity contribution in [3.8, 4) is 34.3 Å². The van der Waals surface area contributed by atoms with Gasteiger partial charge in [0.15, 0.2) is 11.9 Å². The van der Waals surface area contributed by atoms with Crippen molar-refractivity contribution < 1.29 is 49.0 Å². The molecule has 3 aromatic rings. The fourth-order valence-corrected chi connectivity index (χ4v) is 4.36. The van der Waals surface area contributed by atoms with Gasteiger partial charge < -0.3 is 44.2 Å². The summed E-state index contributed by atoms with van der Waals surface area (Å²) in [5.74, 6) is -2.19.